The van der Waals surface area contributed by atoms with Crippen LogP contribution in [0.3, 0.4) is 0 Å². The normalized spacial score (nSPS) is 10.6. The van der Waals surface area contributed by atoms with Crippen molar-refractivity contribution in [1.29, 1.82) is 0 Å². The van der Waals surface area contributed by atoms with Crippen molar-refractivity contribution in [2.24, 2.45) is 0 Å². The van der Waals surface area contributed by atoms with Gasteiger partial charge in [-0.15, -0.1) is 0 Å². The molecule has 1 amide bonds. The van der Waals surface area contributed by atoms with Crippen molar-refractivity contribution in [2.45, 2.75) is 13.0 Å². The SMILES string of the molecule is O=C(Cc1ccc(OC(F)F)cc1)Nc1ccc(Br)cc1F. The van der Waals surface area contributed by atoms with Crippen LogP contribution in [0, 0.1) is 5.82 Å². The minimum absolute atomic E-state index is 0.00946. The quantitative estimate of drug-likeness (QED) is 0.844. The van der Waals surface area contributed by atoms with Gasteiger partial charge < -0.3 is 10.1 Å². The number of amides is 1. The summed E-state index contributed by atoms with van der Waals surface area (Å²) in [4.78, 5) is 11.8. The number of rotatable bonds is 5. The number of carbonyl (C=O) groups is 1. The Morgan fingerprint density at radius 1 is 1.18 bits per heavy atom. The maximum absolute atomic E-state index is 13.6. The van der Waals surface area contributed by atoms with E-state index in [0.717, 1.165) is 0 Å². The fraction of sp³-hybridized carbons (Fsp3) is 0.133. The Bertz CT molecular complexity index is 662. The highest BCUT2D eigenvalue weighted by atomic mass is 79.9. The van der Waals surface area contributed by atoms with E-state index in [1.54, 1.807) is 6.07 Å². The average Bonchev–Trinajstić information content (AvgIpc) is 2.43. The van der Waals surface area contributed by atoms with E-state index in [-0.39, 0.29) is 17.9 Å². The van der Waals surface area contributed by atoms with Gasteiger partial charge in [0.1, 0.15) is 11.6 Å². The number of benzene rings is 2. The number of anilines is 1. The van der Waals surface area contributed by atoms with Gasteiger partial charge in [0, 0.05) is 4.47 Å². The molecule has 0 atom stereocenters. The van der Waals surface area contributed by atoms with Crippen molar-refractivity contribution in [1.82, 2.24) is 0 Å². The summed E-state index contributed by atoms with van der Waals surface area (Å²) in [5.41, 5.74) is 0.669. The van der Waals surface area contributed by atoms with Crippen molar-refractivity contribution in [3.05, 3.63) is 58.3 Å². The molecule has 0 unspecified atom stereocenters. The monoisotopic (exact) mass is 373 g/mol. The topological polar surface area (TPSA) is 38.3 Å². The van der Waals surface area contributed by atoms with Crippen molar-refractivity contribution >= 4 is 27.5 Å². The molecule has 1 N–H and O–H groups in total. The molecule has 0 aliphatic rings. The van der Waals surface area contributed by atoms with E-state index in [9.17, 15) is 18.0 Å². The summed E-state index contributed by atoms with van der Waals surface area (Å²) in [7, 11) is 0. The highest BCUT2D eigenvalue weighted by molar-refractivity contribution is 9.10. The highest BCUT2D eigenvalue weighted by Gasteiger charge is 2.09. The van der Waals surface area contributed by atoms with Crippen LogP contribution >= 0.6 is 15.9 Å². The smallest absolute Gasteiger partial charge is 0.387 e. The van der Waals surface area contributed by atoms with E-state index in [0.29, 0.717) is 10.0 Å². The van der Waals surface area contributed by atoms with E-state index in [1.165, 1.54) is 36.4 Å². The minimum Gasteiger partial charge on any atom is -0.435 e. The lowest BCUT2D eigenvalue weighted by Gasteiger charge is -2.08. The highest BCUT2D eigenvalue weighted by Crippen LogP contribution is 2.20. The van der Waals surface area contributed by atoms with Gasteiger partial charge in [0.15, 0.2) is 0 Å². The van der Waals surface area contributed by atoms with Crippen LogP contribution in [0.25, 0.3) is 0 Å². The molecular formula is C15H11BrF3NO2. The zero-order valence-electron chi connectivity index (χ0n) is 11.2. The van der Waals surface area contributed by atoms with Gasteiger partial charge >= 0.3 is 6.61 Å². The third kappa shape index (κ3) is 4.77. The lowest BCUT2D eigenvalue weighted by Crippen LogP contribution is -2.15. The maximum Gasteiger partial charge on any atom is 0.387 e. The summed E-state index contributed by atoms with van der Waals surface area (Å²) in [5.74, 6) is -0.953. The van der Waals surface area contributed by atoms with Gasteiger partial charge in [0.25, 0.3) is 0 Å². The van der Waals surface area contributed by atoms with Crippen molar-refractivity contribution in [2.75, 3.05) is 5.32 Å². The van der Waals surface area contributed by atoms with Gasteiger partial charge in [0.2, 0.25) is 5.91 Å². The first-order chi connectivity index (χ1) is 10.4. The zero-order valence-corrected chi connectivity index (χ0v) is 12.7. The summed E-state index contributed by atoms with van der Waals surface area (Å²) in [5, 5.41) is 2.45. The van der Waals surface area contributed by atoms with Crippen molar-refractivity contribution < 1.29 is 22.7 Å². The Labute approximate surface area is 133 Å². The molecule has 0 saturated heterocycles. The van der Waals surface area contributed by atoms with Gasteiger partial charge in [-0.05, 0) is 35.9 Å². The molecule has 22 heavy (non-hydrogen) atoms. The van der Waals surface area contributed by atoms with Crippen LogP contribution in [-0.2, 0) is 11.2 Å². The second kappa shape index (κ2) is 7.31. The van der Waals surface area contributed by atoms with Crippen LogP contribution in [0.5, 0.6) is 5.75 Å². The lowest BCUT2D eigenvalue weighted by atomic mass is 10.1. The maximum atomic E-state index is 13.6. The molecule has 0 aromatic heterocycles. The first kappa shape index (κ1) is 16.4. The fourth-order valence-electron chi connectivity index (χ4n) is 1.76. The molecule has 116 valence electrons. The van der Waals surface area contributed by atoms with Crippen LogP contribution in [0.15, 0.2) is 46.9 Å². The van der Waals surface area contributed by atoms with Gasteiger partial charge in [-0.1, -0.05) is 28.1 Å². The Kier molecular flexibility index (Phi) is 5.43. The summed E-state index contributed by atoms with van der Waals surface area (Å²) in [6.45, 7) is -2.89. The van der Waals surface area contributed by atoms with Gasteiger partial charge in [-0.2, -0.15) is 8.78 Å². The van der Waals surface area contributed by atoms with Crippen LogP contribution < -0.4 is 10.1 Å². The minimum atomic E-state index is -2.89. The Morgan fingerprint density at radius 2 is 1.86 bits per heavy atom. The van der Waals surface area contributed by atoms with Crippen molar-refractivity contribution in [3.8, 4) is 5.75 Å². The van der Waals surface area contributed by atoms with Crippen LogP contribution in [0.2, 0.25) is 0 Å². The summed E-state index contributed by atoms with van der Waals surface area (Å²) in [6.07, 6.45) is -0.00946. The Balaban J connectivity index is 1.97. The first-order valence-corrected chi connectivity index (χ1v) is 7.02. The first-order valence-electron chi connectivity index (χ1n) is 6.22. The molecule has 0 spiro atoms. The van der Waals surface area contributed by atoms with Crippen LogP contribution in [0.1, 0.15) is 5.56 Å². The molecule has 2 aromatic rings. The van der Waals surface area contributed by atoms with E-state index in [1.807, 2.05) is 0 Å². The molecule has 0 saturated carbocycles. The third-order valence-corrected chi connectivity index (χ3v) is 3.21. The molecule has 7 heteroatoms. The molecule has 0 heterocycles. The van der Waals surface area contributed by atoms with Crippen LogP contribution in [-0.4, -0.2) is 12.5 Å². The van der Waals surface area contributed by atoms with E-state index >= 15 is 0 Å². The number of hydrogen-bond donors (Lipinski definition) is 1. The molecule has 0 aliphatic carbocycles. The Morgan fingerprint density at radius 3 is 2.45 bits per heavy atom. The van der Waals surface area contributed by atoms with Gasteiger partial charge in [-0.25, -0.2) is 4.39 Å². The van der Waals surface area contributed by atoms with E-state index in [4.69, 9.17) is 0 Å². The van der Waals surface area contributed by atoms with E-state index in [2.05, 4.69) is 26.0 Å². The summed E-state index contributed by atoms with van der Waals surface area (Å²) < 4.78 is 42.4. The average molecular weight is 374 g/mol. The standard InChI is InChI=1S/C15H11BrF3NO2/c16-10-3-6-13(12(17)8-10)20-14(21)7-9-1-4-11(5-2-9)22-15(18)19/h1-6,8,15H,7H2,(H,20,21). The predicted molar refractivity (Wildman–Crippen MR) is 79.5 cm³/mol. The van der Waals surface area contributed by atoms with Crippen LogP contribution in [0.4, 0.5) is 18.9 Å². The summed E-state index contributed by atoms with van der Waals surface area (Å²) in [6, 6.07) is 9.96. The second-order valence-corrected chi connectivity index (χ2v) is 5.29. The van der Waals surface area contributed by atoms with Gasteiger partial charge in [-0.3, -0.25) is 4.79 Å². The predicted octanol–water partition coefficient (Wildman–Crippen LogP) is 4.37. The Hall–Kier alpha value is -2.02. The number of carbonyl (C=O) groups excluding carboxylic acids is 1. The molecule has 0 fully saturated rings. The zero-order chi connectivity index (χ0) is 16.1. The molecule has 2 aromatic carbocycles. The third-order valence-electron chi connectivity index (χ3n) is 2.72. The number of ether oxygens (including phenoxy) is 1. The van der Waals surface area contributed by atoms with Crippen molar-refractivity contribution in [3.63, 3.8) is 0 Å². The number of nitrogens with one attached hydrogen (secondary N) is 1. The molecule has 0 bridgehead atoms. The molecular weight excluding hydrogens is 363 g/mol. The number of hydrogen-bond acceptors (Lipinski definition) is 2. The largest absolute Gasteiger partial charge is 0.435 e. The lowest BCUT2D eigenvalue weighted by molar-refractivity contribution is -0.115. The number of halogens is 4. The molecule has 0 aliphatic heterocycles. The molecule has 2 rings (SSSR count). The fourth-order valence-corrected chi connectivity index (χ4v) is 2.09. The van der Waals surface area contributed by atoms with Gasteiger partial charge in [0.05, 0.1) is 12.1 Å². The summed E-state index contributed by atoms with van der Waals surface area (Å²) >= 11 is 3.12. The molecule has 0 radical (unpaired) electrons. The molecule has 3 nitrogen and oxygen atoms in total. The second-order valence-electron chi connectivity index (χ2n) is 4.37. The number of alkyl halides is 2. The van der Waals surface area contributed by atoms with E-state index < -0.39 is 18.3 Å².